The number of rotatable bonds is 2. The van der Waals surface area contributed by atoms with Crippen LogP contribution in [0, 0.1) is 29.6 Å². The van der Waals surface area contributed by atoms with Crippen LogP contribution in [0.4, 0.5) is 5.69 Å². The first-order chi connectivity index (χ1) is 12.2. The number of hydrogen-bond acceptors (Lipinski definition) is 4. The second-order valence-electron chi connectivity index (χ2n) is 7.00. The van der Waals surface area contributed by atoms with Crippen LogP contribution in [0.5, 0.6) is 0 Å². The zero-order chi connectivity index (χ0) is 17.4. The molecule has 0 radical (unpaired) electrons. The largest absolute Gasteiger partial charge is 0.255 e. The van der Waals surface area contributed by atoms with Crippen LogP contribution in [0.25, 0.3) is 10.4 Å². The molecular weight excluding hydrogens is 326 g/mol. The lowest BCUT2D eigenvalue weighted by molar-refractivity contribution is 0.383. The molecule has 1 aliphatic heterocycles. The molecule has 0 amide bonds. The van der Waals surface area contributed by atoms with E-state index in [9.17, 15) is 10.5 Å². The molecule has 0 bridgehead atoms. The van der Waals surface area contributed by atoms with Gasteiger partial charge in [0.15, 0.2) is 0 Å². The van der Waals surface area contributed by atoms with E-state index in [0.29, 0.717) is 6.42 Å². The molecule has 1 aromatic carbocycles. The second-order valence-corrected chi connectivity index (χ2v) is 8.05. The third-order valence-electron chi connectivity index (χ3n) is 5.56. The van der Waals surface area contributed by atoms with Gasteiger partial charge in [-0.15, -0.1) is 11.3 Å². The molecule has 1 spiro atoms. The van der Waals surface area contributed by atoms with E-state index < -0.39 is 0 Å². The van der Waals surface area contributed by atoms with Crippen LogP contribution >= 0.6 is 11.3 Å². The Labute approximate surface area is 152 Å². The van der Waals surface area contributed by atoms with Crippen LogP contribution in [0.1, 0.15) is 54.5 Å². The average molecular weight is 345 g/mol. The molecule has 2 heterocycles. The van der Waals surface area contributed by atoms with Crippen molar-refractivity contribution in [1.29, 1.82) is 10.5 Å². The summed E-state index contributed by atoms with van der Waals surface area (Å²) in [5, 5.41) is 18.4. The van der Waals surface area contributed by atoms with Crippen molar-refractivity contribution in [1.82, 2.24) is 0 Å². The number of thiophene rings is 1. The molecule has 25 heavy (non-hydrogen) atoms. The first-order valence-corrected chi connectivity index (χ1v) is 9.60. The Morgan fingerprint density at radius 2 is 1.96 bits per heavy atom. The summed E-state index contributed by atoms with van der Waals surface area (Å²) in [5.41, 5.74) is 5.66. The van der Waals surface area contributed by atoms with E-state index in [1.165, 1.54) is 35.3 Å². The fourth-order valence-corrected chi connectivity index (χ4v) is 5.35. The fraction of sp³-hybridized carbons (Fsp3) is 0.381. The number of fused-ring (bicyclic) bond motifs is 2. The van der Waals surface area contributed by atoms with Crippen molar-refractivity contribution >= 4 is 22.7 Å². The molecule has 0 atom stereocenters. The number of benzene rings is 1. The van der Waals surface area contributed by atoms with Gasteiger partial charge in [0.25, 0.3) is 0 Å². The highest BCUT2D eigenvalue weighted by Crippen LogP contribution is 2.51. The summed E-state index contributed by atoms with van der Waals surface area (Å²) < 4.78 is 0. The topological polar surface area (TPSA) is 59.9 Å². The lowest BCUT2D eigenvalue weighted by Gasteiger charge is -2.35. The lowest BCUT2D eigenvalue weighted by atomic mass is 9.66. The Morgan fingerprint density at radius 3 is 2.64 bits per heavy atom. The standard InChI is InChI=1S/C21H19N3S/c1-14-11-16(13-23)25-20(14)15-5-6-18-17(12-15)21(8-3-2-4-9-21)19(24-18)7-10-22/h5-6,11-12H,2-4,7-9H2,1H3. The molecular formula is C21H19N3S. The van der Waals surface area contributed by atoms with Crippen molar-refractivity contribution in [2.24, 2.45) is 4.99 Å². The van der Waals surface area contributed by atoms with Crippen LogP contribution < -0.4 is 0 Å². The Morgan fingerprint density at radius 1 is 1.16 bits per heavy atom. The third-order valence-corrected chi connectivity index (χ3v) is 6.75. The highest BCUT2D eigenvalue weighted by molar-refractivity contribution is 7.16. The van der Waals surface area contributed by atoms with Crippen LogP contribution in [0.2, 0.25) is 0 Å². The van der Waals surface area contributed by atoms with Crippen molar-refractivity contribution < 1.29 is 0 Å². The van der Waals surface area contributed by atoms with Crippen molar-refractivity contribution in [3.63, 3.8) is 0 Å². The van der Waals surface area contributed by atoms with Gasteiger partial charge in [-0.1, -0.05) is 25.3 Å². The molecule has 0 N–H and O–H groups in total. The minimum Gasteiger partial charge on any atom is -0.255 e. The van der Waals surface area contributed by atoms with Gasteiger partial charge < -0.3 is 0 Å². The van der Waals surface area contributed by atoms with Gasteiger partial charge in [-0.25, -0.2) is 0 Å². The molecule has 124 valence electrons. The smallest absolute Gasteiger partial charge is 0.110 e. The molecule has 1 saturated carbocycles. The molecule has 2 aromatic rings. The zero-order valence-corrected chi connectivity index (χ0v) is 15.1. The van der Waals surface area contributed by atoms with E-state index >= 15 is 0 Å². The van der Waals surface area contributed by atoms with Gasteiger partial charge >= 0.3 is 0 Å². The van der Waals surface area contributed by atoms with Crippen LogP contribution in [-0.2, 0) is 5.41 Å². The number of aryl methyl sites for hydroxylation is 1. The quantitative estimate of drug-likeness (QED) is 0.691. The van der Waals surface area contributed by atoms with E-state index in [2.05, 4.69) is 37.3 Å². The molecule has 0 unspecified atom stereocenters. The Kier molecular flexibility index (Phi) is 3.94. The molecule has 2 aliphatic rings. The number of hydrogen-bond donors (Lipinski definition) is 0. The van der Waals surface area contributed by atoms with Gasteiger partial charge in [-0.05, 0) is 54.7 Å². The Balaban J connectivity index is 1.83. The predicted octanol–water partition coefficient (Wildman–Crippen LogP) is 5.80. The van der Waals surface area contributed by atoms with Crippen molar-refractivity contribution in [2.75, 3.05) is 0 Å². The van der Waals surface area contributed by atoms with Crippen molar-refractivity contribution in [3.8, 4) is 22.6 Å². The van der Waals surface area contributed by atoms with E-state index in [1.54, 1.807) is 11.3 Å². The van der Waals surface area contributed by atoms with Gasteiger partial charge in [0.1, 0.15) is 10.9 Å². The fourth-order valence-electron chi connectivity index (χ4n) is 4.39. The highest BCUT2D eigenvalue weighted by Gasteiger charge is 2.43. The van der Waals surface area contributed by atoms with E-state index in [0.717, 1.165) is 34.7 Å². The summed E-state index contributed by atoms with van der Waals surface area (Å²) in [7, 11) is 0. The minimum absolute atomic E-state index is 0.0391. The Bertz CT molecular complexity index is 946. The summed E-state index contributed by atoms with van der Waals surface area (Å²) in [5.74, 6) is 0. The maximum absolute atomic E-state index is 9.26. The normalized spacial score (nSPS) is 17.6. The SMILES string of the molecule is Cc1cc(C#N)sc1-c1ccc2c(c1)C1(CCCCC1)C(CC#N)=N2. The maximum Gasteiger partial charge on any atom is 0.110 e. The molecule has 4 heteroatoms. The van der Waals surface area contributed by atoms with Gasteiger partial charge in [0, 0.05) is 16.0 Å². The van der Waals surface area contributed by atoms with E-state index in [4.69, 9.17) is 4.99 Å². The summed E-state index contributed by atoms with van der Waals surface area (Å²) in [6.45, 7) is 2.06. The van der Waals surface area contributed by atoms with Gasteiger partial charge in [0.2, 0.25) is 0 Å². The van der Waals surface area contributed by atoms with Crippen molar-refractivity contribution in [3.05, 3.63) is 40.3 Å². The second kappa shape index (κ2) is 6.14. The van der Waals surface area contributed by atoms with Gasteiger partial charge in [-0.3, -0.25) is 4.99 Å². The molecule has 1 aromatic heterocycles. The summed E-state index contributed by atoms with van der Waals surface area (Å²) in [6, 6.07) is 13.0. The van der Waals surface area contributed by atoms with Gasteiger partial charge in [-0.2, -0.15) is 10.5 Å². The first kappa shape index (κ1) is 16.1. The molecule has 0 saturated heterocycles. The number of aliphatic imine (C=N–C) groups is 1. The zero-order valence-electron chi connectivity index (χ0n) is 14.3. The van der Waals surface area contributed by atoms with Crippen LogP contribution in [-0.4, -0.2) is 5.71 Å². The molecule has 3 nitrogen and oxygen atoms in total. The van der Waals surface area contributed by atoms with Crippen LogP contribution in [0.15, 0.2) is 29.3 Å². The van der Waals surface area contributed by atoms with Crippen molar-refractivity contribution in [2.45, 2.75) is 50.9 Å². The van der Waals surface area contributed by atoms with Gasteiger partial charge in [0.05, 0.1) is 18.2 Å². The molecule has 4 rings (SSSR count). The maximum atomic E-state index is 9.26. The first-order valence-electron chi connectivity index (χ1n) is 8.78. The van der Waals surface area contributed by atoms with E-state index in [1.807, 2.05) is 6.07 Å². The minimum atomic E-state index is -0.0391. The van der Waals surface area contributed by atoms with Crippen LogP contribution in [0.3, 0.4) is 0 Å². The summed E-state index contributed by atoms with van der Waals surface area (Å²) >= 11 is 1.55. The molecule has 1 aliphatic carbocycles. The lowest BCUT2D eigenvalue weighted by Crippen LogP contribution is -2.35. The number of nitriles is 2. The highest BCUT2D eigenvalue weighted by atomic mass is 32.1. The Hall–Kier alpha value is -2.43. The summed E-state index contributed by atoms with van der Waals surface area (Å²) in [4.78, 5) is 6.76. The average Bonchev–Trinajstić information content (AvgIpc) is 3.15. The summed E-state index contributed by atoms with van der Waals surface area (Å²) in [6.07, 6.45) is 6.27. The molecule has 1 fully saturated rings. The monoisotopic (exact) mass is 345 g/mol. The predicted molar refractivity (Wildman–Crippen MR) is 101 cm³/mol. The third kappa shape index (κ3) is 2.49. The number of nitrogens with zero attached hydrogens (tertiary/aromatic N) is 3. The van der Waals surface area contributed by atoms with E-state index in [-0.39, 0.29) is 5.41 Å².